The zero-order valence-corrected chi connectivity index (χ0v) is 21.5. The lowest BCUT2D eigenvalue weighted by Crippen LogP contribution is -2.45. The zero-order chi connectivity index (χ0) is 21.7. The fraction of sp³-hybridized carbons (Fsp3) is 0.600. The molecule has 1 atom stereocenters. The van der Waals surface area contributed by atoms with E-state index >= 15 is 0 Å². The molecular formula is C20H34IN5O3S. The van der Waals surface area contributed by atoms with Gasteiger partial charge in [-0.2, -0.15) is 0 Å². The highest BCUT2D eigenvalue weighted by Crippen LogP contribution is 2.18. The van der Waals surface area contributed by atoms with Crippen molar-refractivity contribution >= 4 is 45.9 Å². The van der Waals surface area contributed by atoms with Crippen molar-refractivity contribution in [2.24, 2.45) is 4.99 Å². The van der Waals surface area contributed by atoms with E-state index in [1.54, 1.807) is 25.2 Å². The van der Waals surface area contributed by atoms with Crippen LogP contribution in [0.3, 0.4) is 0 Å². The van der Waals surface area contributed by atoms with E-state index in [2.05, 4.69) is 20.3 Å². The Morgan fingerprint density at radius 3 is 2.53 bits per heavy atom. The van der Waals surface area contributed by atoms with Gasteiger partial charge < -0.3 is 15.5 Å². The molecule has 1 aliphatic heterocycles. The molecule has 170 valence electrons. The quantitative estimate of drug-likeness (QED) is 0.286. The molecule has 1 amide bonds. The lowest BCUT2D eigenvalue weighted by molar-refractivity contribution is -0.129. The second-order valence-corrected chi connectivity index (χ2v) is 9.86. The van der Waals surface area contributed by atoms with Crippen molar-refractivity contribution in [1.29, 1.82) is 0 Å². The van der Waals surface area contributed by atoms with E-state index in [1.807, 2.05) is 38.7 Å². The van der Waals surface area contributed by atoms with E-state index in [9.17, 15) is 13.2 Å². The fourth-order valence-corrected chi connectivity index (χ4v) is 4.92. The van der Waals surface area contributed by atoms with E-state index in [0.29, 0.717) is 31.0 Å². The first-order chi connectivity index (χ1) is 13.6. The molecule has 1 aromatic carbocycles. The normalized spacial score (nSPS) is 17.4. The Balaban J connectivity index is 0.00000450. The van der Waals surface area contributed by atoms with Gasteiger partial charge in [-0.1, -0.05) is 25.1 Å². The second-order valence-electron chi connectivity index (χ2n) is 8.21. The molecule has 10 heteroatoms. The van der Waals surface area contributed by atoms with Gasteiger partial charge in [0.25, 0.3) is 0 Å². The standard InChI is InChI=1S/C20H33N5O3S.HI/c1-6-18(26)25-12-11-16(14-25)23-19(21-5)22-13-15-9-7-8-10-17(15)29(27,28)24-20(2,3)4;/h7-10,16,24H,6,11-14H2,1-5H3,(H2,21,22,23);1H. The smallest absolute Gasteiger partial charge is 0.241 e. The van der Waals surface area contributed by atoms with Crippen molar-refractivity contribution < 1.29 is 13.2 Å². The minimum Gasteiger partial charge on any atom is -0.352 e. The van der Waals surface area contributed by atoms with Crippen LogP contribution in [0.25, 0.3) is 0 Å². The van der Waals surface area contributed by atoms with E-state index in [1.165, 1.54) is 0 Å². The van der Waals surface area contributed by atoms with Crippen LogP contribution in [0, 0.1) is 0 Å². The SMILES string of the molecule is CCC(=O)N1CCC(NC(=NC)NCc2ccccc2S(=O)(=O)NC(C)(C)C)C1.I. The number of likely N-dealkylation sites (tertiary alicyclic amines) is 1. The molecule has 1 aliphatic rings. The summed E-state index contributed by atoms with van der Waals surface area (Å²) in [5.41, 5.74) is 0.0859. The Kier molecular flexibility index (Phi) is 10.0. The van der Waals surface area contributed by atoms with E-state index in [-0.39, 0.29) is 40.8 Å². The van der Waals surface area contributed by atoms with Crippen LogP contribution in [0.2, 0.25) is 0 Å². The minimum absolute atomic E-state index is 0. The monoisotopic (exact) mass is 551 g/mol. The molecule has 1 fully saturated rings. The lowest BCUT2D eigenvalue weighted by Gasteiger charge is -2.22. The molecule has 1 unspecified atom stereocenters. The first-order valence-corrected chi connectivity index (χ1v) is 11.4. The molecule has 0 bridgehead atoms. The Morgan fingerprint density at radius 1 is 1.27 bits per heavy atom. The molecular weight excluding hydrogens is 517 g/mol. The van der Waals surface area contributed by atoms with Gasteiger partial charge in [0.15, 0.2) is 5.96 Å². The summed E-state index contributed by atoms with van der Waals surface area (Å²) < 4.78 is 28.2. The number of nitrogens with zero attached hydrogens (tertiary/aromatic N) is 2. The summed E-state index contributed by atoms with van der Waals surface area (Å²) >= 11 is 0. The lowest BCUT2D eigenvalue weighted by atomic mass is 10.1. The average Bonchev–Trinajstić information content (AvgIpc) is 3.11. The van der Waals surface area contributed by atoms with Crippen molar-refractivity contribution in [3.8, 4) is 0 Å². The summed E-state index contributed by atoms with van der Waals surface area (Å²) in [6.07, 6.45) is 1.36. The van der Waals surface area contributed by atoms with Gasteiger partial charge in [0.2, 0.25) is 15.9 Å². The van der Waals surface area contributed by atoms with Crippen molar-refractivity contribution in [3.63, 3.8) is 0 Å². The van der Waals surface area contributed by atoms with Crippen LogP contribution < -0.4 is 15.4 Å². The number of amides is 1. The van der Waals surface area contributed by atoms with Crippen molar-refractivity contribution in [1.82, 2.24) is 20.3 Å². The van der Waals surface area contributed by atoms with Gasteiger partial charge in [0, 0.05) is 44.7 Å². The predicted molar refractivity (Wildman–Crippen MR) is 131 cm³/mol. The topological polar surface area (TPSA) is 103 Å². The molecule has 1 saturated heterocycles. The second kappa shape index (κ2) is 11.3. The Labute approximate surface area is 197 Å². The number of carbonyl (C=O) groups excluding carboxylic acids is 1. The molecule has 1 aromatic rings. The Bertz CT molecular complexity index is 852. The highest BCUT2D eigenvalue weighted by Gasteiger charge is 2.26. The van der Waals surface area contributed by atoms with Gasteiger partial charge in [-0.25, -0.2) is 13.1 Å². The fourth-order valence-electron chi connectivity index (χ4n) is 3.27. The van der Waals surface area contributed by atoms with E-state index in [0.717, 1.165) is 13.0 Å². The van der Waals surface area contributed by atoms with Crippen LogP contribution in [0.5, 0.6) is 0 Å². The largest absolute Gasteiger partial charge is 0.352 e. The molecule has 0 aromatic heterocycles. The van der Waals surface area contributed by atoms with Crippen molar-refractivity contribution in [2.45, 2.75) is 63.6 Å². The van der Waals surface area contributed by atoms with Gasteiger partial charge in [0.05, 0.1) is 4.90 Å². The maximum atomic E-state index is 12.8. The number of benzene rings is 1. The molecule has 2 rings (SSSR count). The van der Waals surface area contributed by atoms with Crippen LogP contribution in [0.4, 0.5) is 0 Å². The zero-order valence-electron chi connectivity index (χ0n) is 18.4. The molecule has 8 nitrogen and oxygen atoms in total. The number of rotatable bonds is 6. The number of hydrogen-bond acceptors (Lipinski definition) is 4. The number of sulfonamides is 1. The number of halogens is 1. The number of carbonyl (C=O) groups is 1. The molecule has 30 heavy (non-hydrogen) atoms. The van der Waals surface area contributed by atoms with Crippen molar-refractivity contribution in [3.05, 3.63) is 29.8 Å². The summed E-state index contributed by atoms with van der Waals surface area (Å²) in [6.45, 7) is 8.99. The van der Waals surface area contributed by atoms with Crippen molar-refractivity contribution in [2.75, 3.05) is 20.1 Å². The molecule has 3 N–H and O–H groups in total. The number of hydrogen-bond donors (Lipinski definition) is 3. The Morgan fingerprint density at radius 2 is 1.93 bits per heavy atom. The summed E-state index contributed by atoms with van der Waals surface area (Å²) in [5, 5.41) is 6.51. The third-order valence-electron chi connectivity index (χ3n) is 4.56. The van der Waals surface area contributed by atoms with Crippen LogP contribution in [0.1, 0.15) is 46.1 Å². The van der Waals surface area contributed by atoms with Crippen LogP contribution >= 0.6 is 24.0 Å². The number of aliphatic imine (C=N–C) groups is 1. The first kappa shape index (κ1) is 26.6. The van der Waals surface area contributed by atoms with Gasteiger partial charge in [-0.05, 0) is 38.8 Å². The molecule has 0 aliphatic carbocycles. The maximum Gasteiger partial charge on any atom is 0.241 e. The highest BCUT2D eigenvalue weighted by molar-refractivity contribution is 14.0. The molecule has 0 radical (unpaired) electrons. The number of nitrogens with one attached hydrogen (secondary N) is 3. The van der Waals surface area contributed by atoms with Gasteiger partial charge in [-0.3, -0.25) is 9.79 Å². The average molecular weight is 551 g/mol. The predicted octanol–water partition coefficient (Wildman–Crippen LogP) is 2.06. The Hall–Kier alpha value is -1.40. The number of guanidine groups is 1. The van der Waals surface area contributed by atoms with Crippen LogP contribution in [-0.4, -0.2) is 56.9 Å². The molecule has 0 spiro atoms. The minimum atomic E-state index is -3.64. The van der Waals surface area contributed by atoms with Gasteiger partial charge in [-0.15, -0.1) is 24.0 Å². The van der Waals surface area contributed by atoms with Gasteiger partial charge >= 0.3 is 0 Å². The maximum absolute atomic E-state index is 12.8. The van der Waals surface area contributed by atoms with Crippen LogP contribution in [0.15, 0.2) is 34.2 Å². The first-order valence-electron chi connectivity index (χ1n) is 9.92. The van der Waals surface area contributed by atoms with Crippen LogP contribution in [-0.2, 0) is 21.4 Å². The van der Waals surface area contributed by atoms with Gasteiger partial charge in [0.1, 0.15) is 0 Å². The van der Waals surface area contributed by atoms with E-state index < -0.39 is 15.6 Å². The summed E-state index contributed by atoms with van der Waals surface area (Å²) in [5.74, 6) is 0.736. The van der Waals surface area contributed by atoms with E-state index in [4.69, 9.17) is 0 Å². The third kappa shape index (κ3) is 7.69. The molecule has 1 heterocycles. The summed E-state index contributed by atoms with van der Waals surface area (Å²) in [7, 11) is -1.97. The highest BCUT2D eigenvalue weighted by atomic mass is 127. The molecule has 0 saturated carbocycles. The summed E-state index contributed by atoms with van der Waals surface area (Å²) in [4.78, 5) is 18.2. The third-order valence-corrected chi connectivity index (χ3v) is 6.42. The summed E-state index contributed by atoms with van der Waals surface area (Å²) in [6, 6.07) is 7.04.